The van der Waals surface area contributed by atoms with Crippen molar-refractivity contribution >= 4 is 0 Å². The SMILES string of the molecule is C/C(CO)=C(\C)C[N+](=O)[O-]. The first-order chi connectivity index (χ1) is 4.57. The first-order valence-electron chi connectivity index (χ1n) is 2.95. The van der Waals surface area contributed by atoms with E-state index in [4.69, 9.17) is 5.11 Å². The second kappa shape index (κ2) is 4.00. The summed E-state index contributed by atoms with van der Waals surface area (Å²) in [5.41, 5.74) is 1.31. The van der Waals surface area contributed by atoms with Gasteiger partial charge >= 0.3 is 0 Å². The Labute approximate surface area is 59.3 Å². The molecule has 0 fully saturated rings. The van der Waals surface area contributed by atoms with E-state index in [2.05, 4.69) is 0 Å². The van der Waals surface area contributed by atoms with E-state index in [9.17, 15) is 10.1 Å². The lowest BCUT2D eigenvalue weighted by Crippen LogP contribution is -2.04. The van der Waals surface area contributed by atoms with E-state index in [0.29, 0.717) is 11.1 Å². The maximum atomic E-state index is 9.92. The fraction of sp³-hybridized carbons (Fsp3) is 0.667. The molecule has 0 saturated heterocycles. The molecule has 4 nitrogen and oxygen atoms in total. The Balaban J connectivity index is 4.04. The minimum atomic E-state index is -0.408. The summed E-state index contributed by atoms with van der Waals surface area (Å²) in [5, 5.41) is 18.5. The van der Waals surface area contributed by atoms with Crippen molar-refractivity contribution in [2.24, 2.45) is 0 Å². The van der Waals surface area contributed by atoms with Crippen LogP contribution in [0.4, 0.5) is 0 Å². The zero-order valence-electron chi connectivity index (χ0n) is 6.13. The van der Waals surface area contributed by atoms with Crippen molar-refractivity contribution in [1.82, 2.24) is 0 Å². The highest BCUT2D eigenvalue weighted by Crippen LogP contribution is 2.01. The predicted octanol–water partition coefficient (Wildman–Crippen LogP) is 0.592. The van der Waals surface area contributed by atoms with Gasteiger partial charge in [-0.25, -0.2) is 0 Å². The molecule has 0 aliphatic carbocycles. The van der Waals surface area contributed by atoms with E-state index in [1.807, 2.05) is 0 Å². The summed E-state index contributed by atoms with van der Waals surface area (Å²) in [7, 11) is 0. The summed E-state index contributed by atoms with van der Waals surface area (Å²) in [6, 6.07) is 0. The first-order valence-corrected chi connectivity index (χ1v) is 2.95. The fourth-order valence-corrected chi connectivity index (χ4v) is 0.464. The molecule has 0 aliphatic heterocycles. The van der Waals surface area contributed by atoms with E-state index in [1.54, 1.807) is 13.8 Å². The van der Waals surface area contributed by atoms with Crippen LogP contribution in [0.1, 0.15) is 13.8 Å². The lowest BCUT2D eigenvalue weighted by Gasteiger charge is -1.98. The molecule has 0 spiro atoms. The van der Waals surface area contributed by atoms with Crippen molar-refractivity contribution in [2.45, 2.75) is 13.8 Å². The third-order valence-electron chi connectivity index (χ3n) is 1.33. The summed E-state index contributed by atoms with van der Waals surface area (Å²) >= 11 is 0. The highest BCUT2D eigenvalue weighted by Gasteiger charge is 2.01. The normalized spacial score (nSPS) is 12.7. The average Bonchev–Trinajstić information content (AvgIpc) is 1.85. The Morgan fingerprint density at radius 3 is 2.30 bits per heavy atom. The van der Waals surface area contributed by atoms with Crippen LogP contribution in [0.25, 0.3) is 0 Å². The quantitative estimate of drug-likeness (QED) is 0.359. The number of aliphatic hydroxyl groups excluding tert-OH is 1. The Kier molecular flexibility index (Phi) is 3.64. The maximum absolute atomic E-state index is 9.92. The number of aliphatic hydroxyl groups is 1. The topological polar surface area (TPSA) is 63.4 Å². The molecular formula is C6H11NO3. The molecule has 0 rings (SSSR count). The van der Waals surface area contributed by atoms with Gasteiger partial charge in [-0.1, -0.05) is 0 Å². The number of rotatable bonds is 3. The molecule has 0 heterocycles. The molecule has 4 heteroatoms. The zero-order valence-corrected chi connectivity index (χ0v) is 6.13. The van der Waals surface area contributed by atoms with Gasteiger partial charge in [0.25, 0.3) is 0 Å². The Morgan fingerprint density at radius 1 is 1.50 bits per heavy atom. The van der Waals surface area contributed by atoms with Gasteiger partial charge in [-0.05, 0) is 25.0 Å². The van der Waals surface area contributed by atoms with Crippen molar-refractivity contribution in [1.29, 1.82) is 0 Å². The van der Waals surface area contributed by atoms with Gasteiger partial charge in [-0.15, -0.1) is 0 Å². The van der Waals surface area contributed by atoms with E-state index in [-0.39, 0.29) is 13.2 Å². The number of nitrogens with zero attached hydrogens (tertiary/aromatic N) is 1. The summed E-state index contributed by atoms with van der Waals surface area (Å²) in [6.07, 6.45) is 0. The number of hydrogen-bond acceptors (Lipinski definition) is 3. The molecule has 0 aromatic heterocycles. The first kappa shape index (κ1) is 9.10. The van der Waals surface area contributed by atoms with Crippen LogP contribution in [0.3, 0.4) is 0 Å². The van der Waals surface area contributed by atoms with Crippen molar-refractivity contribution < 1.29 is 10.0 Å². The molecule has 0 atom stereocenters. The molecule has 0 aliphatic rings. The third kappa shape index (κ3) is 3.19. The number of hydrogen-bond donors (Lipinski definition) is 1. The van der Waals surface area contributed by atoms with Crippen molar-refractivity contribution in [3.63, 3.8) is 0 Å². The maximum Gasteiger partial charge on any atom is 0.225 e. The molecule has 0 aromatic rings. The molecule has 0 aromatic carbocycles. The molecule has 0 saturated carbocycles. The molecule has 0 amide bonds. The third-order valence-corrected chi connectivity index (χ3v) is 1.33. The lowest BCUT2D eigenvalue weighted by molar-refractivity contribution is -0.470. The van der Waals surface area contributed by atoms with Gasteiger partial charge in [0.2, 0.25) is 6.54 Å². The smallest absolute Gasteiger partial charge is 0.225 e. The summed E-state index contributed by atoms with van der Waals surface area (Å²) < 4.78 is 0. The van der Waals surface area contributed by atoms with Crippen molar-refractivity contribution in [3.05, 3.63) is 21.3 Å². The van der Waals surface area contributed by atoms with Gasteiger partial charge < -0.3 is 5.11 Å². The Hall–Kier alpha value is -0.900. The minimum absolute atomic E-state index is 0.0975. The highest BCUT2D eigenvalue weighted by atomic mass is 16.6. The van der Waals surface area contributed by atoms with E-state index in [1.165, 1.54) is 0 Å². The lowest BCUT2D eigenvalue weighted by atomic mass is 10.2. The van der Waals surface area contributed by atoms with E-state index in [0.717, 1.165) is 0 Å². The molecular weight excluding hydrogens is 134 g/mol. The highest BCUT2D eigenvalue weighted by molar-refractivity contribution is 5.09. The van der Waals surface area contributed by atoms with Crippen molar-refractivity contribution in [3.8, 4) is 0 Å². The fourth-order valence-electron chi connectivity index (χ4n) is 0.464. The van der Waals surface area contributed by atoms with Crippen molar-refractivity contribution in [2.75, 3.05) is 13.2 Å². The van der Waals surface area contributed by atoms with Crippen LogP contribution in [0.15, 0.2) is 11.1 Å². The molecule has 0 radical (unpaired) electrons. The summed E-state index contributed by atoms with van der Waals surface area (Å²) in [5.74, 6) is 0. The predicted molar refractivity (Wildman–Crippen MR) is 37.3 cm³/mol. The van der Waals surface area contributed by atoms with Crippen LogP contribution in [0.2, 0.25) is 0 Å². The Bertz CT molecular complexity index is 162. The van der Waals surface area contributed by atoms with Crippen LogP contribution in [0.5, 0.6) is 0 Å². The summed E-state index contributed by atoms with van der Waals surface area (Å²) in [6.45, 7) is 3.05. The van der Waals surface area contributed by atoms with Crippen LogP contribution in [-0.4, -0.2) is 23.2 Å². The van der Waals surface area contributed by atoms with Crippen LogP contribution >= 0.6 is 0 Å². The molecule has 0 bridgehead atoms. The molecule has 10 heavy (non-hydrogen) atoms. The van der Waals surface area contributed by atoms with Gasteiger partial charge in [0.05, 0.1) is 6.61 Å². The van der Waals surface area contributed by atoms with Gasteiger partial charge in [0, 0.05) is 4.92 Å². The number of nitro groups is 1. The van der Waals surface area contributed by atoms with Gasteiger partial charge in [0.15, 0.2) is 0 Å². The van der Waals surface area contributed by atoms with Gasteiger partial charge in [-0.3, -0.25) is 10.1 Å². The van der Waals surface area contributed by atoms with Crippen LogP contribution in [0, 0.1) is 10.1 Å². The zero-order chi connectivity index (χ0) is 8.15. The monoisotopic (exact) mass is 145 g/mol. The van der Waals surface area contributed by atoms with Gasteiger partial charge in [-0.2, -0.15) is 0 Å². The van der Waals surface area contributed by atoms with Crippen LogP contribution < -0.4 is 0 Å². The molecule has 58 valence electrons. The Morgan fingerprint density at radius 2 is 2.00 bits per heavy atom. The van der Waals surface area contributed by atoms with E-state index < -0.39 is 4.92 Å². The second-order valence-electron chi connectivity index (χ2n) is 2.21. The van der Waals surface area contributed by atoms with Gasteiger partial charge in [0.1, 0.15) is 0 Å². The summed E-state index contributed by atoms with van der Waals surface area (Å²) in [4.78, 5) is 9.51. The molecule has 0 unspecified atom stereocenters. The van der Waals surface area contributed by atoms with E-state index >= 15 is 0 Å². The average molecular weight is 145 g/mol. The second-order valence-corrected chi connectivity index (χ2v) is 2.21. The molecule has 1 N–H and O–H groups in total. The minimum Gasteiger partial charge on any atom is -0.392 e. The van der Waals surface area contributed by atoms with Crippen LogP contribution in [-0.2, 0) is 0 Å². The largest absolute Gasteiger partial charge is 0.392 e. The standard InChI is InChI=1S/C6H11NO3/c1-5(3-7(9)10)6(2)4-8/h8H,3-4H2,1-2H3/b6-5-.